The van der Waals surface area contributed by atoms with Gasteiger partial charge < -0.3 is 14.8 Å². The lowest BCUT2D eigenvalue weighted by Crippen LogP contribution is -2.18. The molecule has 0 spiro atoms. The molecule has 0 amide bonds. The Morgan fingerprint density at radius 1 is 1.21 bits per heavy atom. The largest absolute Gasteiger partial charge is 0.486 e. The molecule has 3 nitrogen and oxygen atoms in total. The van der Waals surface area contributed by atoms with Gasteiger partial charge in [-0.1, -0.05) is 12.8 Å². The number of fused-ring (bicyclic) bond motifs is 1. The summed E-state index contributed by atoms with van der Waals surface area (Å²) in [6.45, 7) is 3.34. The number of thioether (sulfide) groups is 1. The SMILES string of the molecule is CSc1cc2c(cc1CNCCC1CC1)OCCO2. The highest BCUT2D eigenvalue weighted by Crippen LogP contribution is 2.36. The lowest BCUT2D eigenvalue weighted by molar-refractivity contribution is 0.171. The van der Waals surface area contributed by atoms with Crippen molar-refractivity contribution in [3.8, 4) is 11.5 Å². The Labute approximate surface area is 119 Å². The van der Waals surface area contributed by atoms with Crippen LogP contribution in [0.4, 0.5) is 0 Å². The van der Waals surface area contributed by atoms with Crippen molar-refractivity contribution in [3.05, 3.63) is 17.7 Å². The van der Waals surface area contributed by atoms with E-state index in [4.69, 9.17) is 9.47 Å². The molecule has 0 bridgehead atoms. The molecule has 104 valence electrons. The van der Waals surface area contributed by atoms with Gasteiger partial charge in [-0.3, -0.25) is 0 Å². The summed E-state index contributed by atoms with van der Waals surface area (Å²) in [5.74, 6) is 2.77. The zero-order valence-corrected chi connectivity index (χ0v) is 12.2. The van der Waals surface area contributed by atoms with E-state index in [1.54, 1.807) is 11.8 Å². The number of benzene rings is 1. The van der Waals surface area contributed by atoms with Gasteiger partial charge in [0.05, 0.1) is 0 Å². The number of rotatable bonds is 6. The van der Waals surface area contributed by atoms with E-state index in [0.29, 0.717) is 13.2 Å². The van der Waals surface area contributed by atoms with Gasteiger partial charge in [0.2, 0.25) is 0 Å². The van der Waals surface area contributed by atoms with Crippen LogP contribution in [0.3, 0.4) is 0 Å². The first kappa shape index (κ1) is 13.1. The van der Waals surface area contributed by atoms with Crippen molar-refractivity contribution in [2.45, 2.75) is 30.7 Å². The maximum atomic E-state index is 5.66. The molecule has 1 aliphatic carbocycles. The first-order chi connectivity index (χ1) is 9.36. The Morgan fingerprint density at radius 2 is 1.95 bits per heavy atom. The third-order valence-corrected chi connectivity index (χ3v) is 4.51. The molecule has 0 saturated heterocycles. The fourth-order valence-corrected chi connectivity index (χ4v) is 2.99. The van der Waals surface area contributed by atoms with E-state index in [9.17, 15) is 0 Å². The molecule has 1 saturated carbocycles. The van der Waals surface area contributed by atoms with Crippen molar-refractivity contribution in [3.63, 3.8) is 0 Å². The summed E-state index contributed by atoms with van der Waals surface area (Å²) in [5.41, 5.74) is 1.31. The van der Waals surface area contributed by atoms with Crippen molar-refractivity contribution in [1.82, 2.24) is 5.32 Å². The van der Waals surface area contributed by atoms with Crippen LogP contribution in [0, 0.1) is 5.92 Å². The Bertz CT molecular complexity index is 446. The molecule has 19 heavy (non-hydrogen) atoms. The Hall–Kier alpha value is -0.870. The number of hydrogen-bond donors (Lipinski definition) is 1. The summed E-state index contributed by atoms with van der Waals surface area (Å²) in [6, 6.07) is 4.24. The Balaban J connectivity index is 1.64. The fourth-order valence-electron chi connectivity index (χ4n) is 2.38. The van der Waals surface area contributed by atoms with E-state index in [0.717, 1.165) is 30.5 Å². The van der Waals surface area contributed by atoms with Crippen molar-refractivity contribution in [2.75, 3.05) is 26.0 Å². The first-order valence-corrected chi connectivity index (χ1v) is 8.26. The monoisotopic (exact) mass is 279 g/mol. The van der Waals surface area contributed by atoms with Crippen LogP contribution in [-0.2, 0) is 6.54 Å². The summed E-state index contributed by atoms with van der Waals surface area (Å²) < 4.78 is 11.3. The number of hydrogen-bond acceptors (Lipinski definition) is 4. The van der Waals surface area contributed by atoms with Crippen LogP contribution in [0.15, 0.2) is 17.0 Å². The first-order valence-electron chi connectivity index (χ1n) is 7.04. The van der Waals surface area contributed by atoms with Gasteiger partial charge in [0.15, 0.2) is 11.5 Å². The van der Waals surface area contributed by atoms with E-state index >= 15 is 0 Å². The third-order valence-electron chi connectivity index (χ3n) is 3.69. The highest BCUT2D eigenvalue weighted by Gasteiger charge is 2.20. The predicted molar refractivity (Wildman–Crippen MR) is 78.3 cm³/mol. The Morgan fingerprint density at radius 3 is 2.63 bits per heavy atom. The van der Waals surface area contributed by atoms with E-state index in [1.807, 2.05) is 0 Å². The molecule has 1 heterocycles. The average Bonchev–Trinajstić information content (AvgIpc) is 3.27. The molecule has 1 aromatic rings. The highest BCUT2D eigenvalue weighted by atomic mass is 32.2. The molecule has 0 aromatic heterocycles. The summed E-state index contributed by atoms with van der Waals surface area (Å²) in [5, 5.41) is 3.54. The standard InChI is InChI=1S/C15H21NO2S/c1-19-15-9-14-13(17-6-7-18-14)8-12(15)10-16-5-4-11-2-3-11/h8-9,11,16H,2-7,10H2,1H3. The van der Waals surface area contributed by atoms with Crippen molar-refractivity contribution < 1.29 is 9.47 Å². The third kappa shape index (κ3) is 3.37. The molecule has 1 N–H and O–H groups in total. The molecule has 3 rings (SSSR count). The van der Waals surface area contributed by atoms with Crippen LogP contribution >= 0.6 is 11.8 Å². The smallest absolute Gasteiger partial charge is 0.162 e. The van der Waals surface area contributed by atoms with Crippen LogP contribution in [0.5, 0.6) is 11.5 Å². The van der Waals surface area contributed by atoms with Crippen LogP contribution in [0.25, 0.3) is 0 Å². The normalized spacial score (nSPS) is 17.5. The molecule has 0 atom stereocenters. The van der Waals surface area contributed by atoms with Gasteiger partial charge in [-0.25, -0.2) is 0 Å². The second-order valence-corrected chi connectivity index (χ2v) is 6.06. The quantitative estimate of drug-likeness (QED) is 0.640. The minimum absolute atomic E-state index is 0.653. The second kappa shape index (κ2) is 6.06. The lowest BCUT2D eigenvalue weighted by Gasteiger charge is -2.21. The molecule has 2 aliphatic rings. The molecule has 1 aliphatic heterocycles. The van der Waals surface area contributed by atoms with E-state index in [1.165, 1.54) is 29.7 Å². The van der Waals surface area contributed by atoms with E-state index < -0.39 is 0 Å². The summed E-state index contributed by atoms with van der Waals surface area (Å²) >= 11 is 1.77. The minimum Gasteiger partial charge on any atom is -0.486 e. The number of nitrogens with one attached hydrogen (secondary N) is 1. The van der Waals surface area contributed by atoms with Crippen molar-refractivity contribution in [2.24, 2.45) is 5.92 Å². The van der Waals surface area contributed by atoms with Gasteiger partial charge in [0, 0.05) is 11.4 Å². The topological polar surface area (TPSA) is 30.5 Å². The molecule has 0 unspecified atom stereocenters. The van der Waals surface area contributed by atoms with E-state index in [2.05, 4.69) is 23.7 Å². The van der Waals surface area contributed by atoms with Gasteiger partial charge in [0.25, 0.3) is 0 Å². The van der Waals surface area contributed by atoms with Gasteiger partial charge in [-0.2, -0.15) is 0 Å². The number of ether oxygens (including phenoxy) is 2. The van der Waals surface area contributed by atoms with Gasteiger partial charge in [0.1, 0.15) is 13.2 Å². The van der Waals surface area contributed by atoms with Crippen LogP contribution in [0.1, 0.15) is 24.8 Å². The lowest BCUT2D eigenvalue weighted by atomic mass is 10.2. The minimum atomic E-state index is 0.653. The molecular weight excluding hydrogens is 258 g/mol. The van der Waals surface area contributed by atoms with E-state index in [-0.39, 0.29) is 0 Å². The summed E-state index contributed by atoms with van der Waals surface area (Å²) in [7, 11) is 0. The van der Waals surface area contributed by atoms with Gasteiger partial charge in [-0.15, -0.1) is 11.8 Å². The summed E-state index contributed by atoms with van der Waals surface area (Å²) in [6.07, 6.45) is 6.29. The van der Waals surface area contributed by atoms with Crippen molar-refractivity contribution in [1.29, 1.82) is 0 Å². The zero-order valence-electron chi connectivity index (χ0n) is 11.4. The fraction of sp³-hybridized carbons (Fsp3) is 0.600. The molecule has 1 fully saturated rings. The molecule has 4 heteroatoms. The maximum Gasteiger partial charge on any atom is 0.162 e. The Kier molecular flexibility index (Phi) is 4.18. The molecule has 1 aromatic carbocycles. The van der Waals surface area contributed by atoms with Gasteiger partial charge in [-0.05, 0) is 42.8 Å². The van der Waals surface area contributed by atoms with Crippen LogP contribution in [0.2, 0.25) is 0 Å². The van der Waals surface area contributed by atoms with Crippen LogP contribution < -0.4 is 14.8 Å². The van der Waals surface area contributed by atoms with Gasteiger partial charge >= 0.3 is 0 Å². The van der Waals surface area contributed by atoms with Crippen molar-refractivity contribution >= 4 is 11.8 Å². The zero-order chi connectivity index (χ0) is 13.1. The predicted octanol–water partition coefficient (Wildman–Crippen LogP) is 3.07. The summed E-state index contributed by atoms with van der Waals surface area (Å²) in [4.78, 5) is 1.28. The second-order valence-electron chi connectivity index (χ2n) is 5.22. The maximum absolute atomic E-state index is 5.66. The van der Waals surface area contributed by atoms with Crippen LogP contribution in [-0.4, -0.2) is 26.0 Å². The molecule has 0 radical (unpaired) electrons. The highest BCUT2D eigenvalue weighted by molar-refractivity contribution is 7.98. The molecular formula is C15H21NO2S. The average molecular weight is 279 g/mol.